The van der Waals surface area contributed by atoms with Crippen molar-refractivity contribution in [2.24, 2.45) is 0 Å². The molecule has 0 radical (unpaired) electrons. The molecule has 11 heteroatoms. The van der Waals surface area contributed by atoms with Crippen LogP contribution in [-0.4, -0.2) is 66.7 Å². The molecule has 28 heavy (non-hydrogen) atoms. The highest BCUT2D eigenvalue weighted by molar-refractivity contribution is 5.69. The molecule has 1 aliphatic rings. The standard InChI is InChI=1S/C17H24O11/c1-8(18)23-7-13-14(24-9(2)19)15(25-10(3)20)17(6,28-12(5)22)16(27-13)26-11(4)21/h13-16H,7H2,1-6H3/t13?,14-,15?,16-,17?/m1/s1. The molecule has 11 nitrogen and oxygen atoms in total. The molecule has 0 spiro atoms. The molecule has 0 aromatic heterocycles. The highest BCUT2D eigenvalue weighted by Crippen LogP contribution is 2.37. The summed E-state index contributed by atoms with van der Waals surface area (Å²) in [6.07, 6.45) is -5.45. The minimum atomic E-state index is -1.85. The maximum absolute atomic E-state index is 11.7. The first-order valence-electron chi connectivity index (χ1n) is 8.36. The smallest absolute Gasteiger partial charge is 0.305 e. The van der Waals surface area contributed by atoms with Crippen LogP contribution < -0.4 is 0 Å². The molecule has 3 unspecified atom stereocenters. The van der Waals surface area contributed by atoms with E-state index >= 15 is 0 Å². The summed E-state index contributed by atoms with van der Waals surface area (Å²) in [6, 6.07) is 0. The summed E-state index contributed by atoms with van der Waals surface area (Å²) >= 11 is 0. The Balaban J connectivity index is 3.44. The van der Waals surface area contributed by atoms with E-state index in [1.165, 1.54) is 6.92 Å². The molecule has 158 valence electrons. The molecule has 0 N–H and O–H groups in total. The van der Waals surface area contributed by atoms with Crippen molar-refractivity contribution in [3.63, 3.8) is 0 Å². The van der Waals surface area contributed by atoms with E-state index in [-0.39, 0.29) is 0 Å². The van der Waals surface area contributed by atoms with Crippen LogP contribution >= 0.6 is 0 Å². The SMILES string of the molecule is CC(=O)OCC1O[C@@H](OC(C)=O)C(C)(OC(C)=O)C(OC(C)=O)[C@@H]1OC(C)=O. The van der Waals surface area contributed by atoms with Crippen LogP contribution in [0.3, 0.4) is 0 Å². The van der Waals surface area contributed by atoms with Crippen LogP contribution in [-0.2, 0) is 52.4 Å². The summed E-state index contributed by atoms with van der Waals surface area (Å²) < 4.78 is 31.4. The molecule has 1 rings (SSSR count). The van der Waals surface area contributed by atoms with E-state index in [1.54, 1.807) is 0 Å². The van der Waals surface area contributed by atoms with Crippen LogP contribution in [0.2, 0.25) is 0 Å². The van der Waals surface area contributed by atoms with E-state index in [0.29, 0.717) is 0 Å². The van der Waals surface area contributed by atoms with Gasteiger partial charge in [-0.15, -0.1) is 0 Å². The van der Waals surface area contributed by atoms with E-state index < -0.39 is 66.7 Å². The lowest BCUT2D eigenvalue weighted by Gasteiger charge is -2.49. The average Bonchev–Trinajstić information content (AvgIpc) is 2.50. The van der Waals surface area contributed by atoms with Gasteiger partial charge in [0.05, 0.1) is 0 Å². The second kappa shape index (κ2) is 9.49. The van der Waals surface area contributed by atoms with Gasteiger partial charge >= 0.3 is 29.8 Å². The van der Waals surface area contributed by atoms with E-state index in [0.717, 1.165) is 34.6 Å². The minimum absolute atomic E-state index is 0.404. The minimum Gasteiger partial charge on any atom is -0.463 e. The number of ether oxygens (including phenoxy) is 6. The van der Waals surface area contributed by atoms with Crippen LogP contribution in [0.4, 0.5) is 0 Å². The molecule has 0 amide bonds. The van der Waals surface area contributed by atoms with Crippen molar-refractivity contribution < 1.29 is 52.4 Å². The lowest BCUT2D eigenvalue weighted by atomic mass is 9.87. The van der Waals surface area contributed by atoms with Crippen molar-refractivity contribution in [1.82, 2.24) is 0 Å². The Morgan fingerprint density at radius 3 is 1.75 bits per heavy atom. The van der Waals surface area contributed by atoms with Crippen molar-refractivity contribution in [3.05, 3.63) is 0 Å². The quantitative estimate of drug-likeness (QED) is 0.437. The lowest BCUT2D eigenvalue weighted by molar-refractivity contribution is -0.331. The molecular weight excluding hydrogens is 380 g/mol. The van der Waals surface area contributed by atoms with Gasteiger partial charge in [0.15, 0.2) is 12.2 Å². The van der Waals surface area contributed by atoms with Gasteiger partial charge < -0.3 is 28.4 Å². The number of rotatable bonds is 6. The molecule has 1 heterocycles. The first-order chi connectivity index (χ1) is 12.9. The molecule has 0 aromatic carbocycles. The van der Waals surface area contributed by atoms with Crippen LogP contribution in [0, 0.1) is 0 Å². The molecular formula is C17H24O11. The molecule has 0 bridgehead atoms. The van der Waals surface area contributed by atoms with Crippen LogP contribution in [0.1, 0.15) is 41.5 Å². The molecule has 1 saturated heterocycles. The van der Waals surface area contributed by atoms with Gasteiger partial charge in [0.1, 0.15) is 12.7 Å². The van der Waals surface area contributed by atoms with Crippen molar-refractivity contribution in [2.45, 2.75) is 71.7 Å². The fourth-order valence-corrected chi connectivity index (χ4v) is 2.76. The maximum atomic E-state index is 11.7. The van der Waals surface area contributed by atoms with Gasteiger partial charge in [0.25, 0.3) is 0 Å². The second-order valence-corrected chi connectivity index (χ2v) is 6.30. The third-order valence-corrected chi connectivity index (χ3v) is 3.68. The number of hydrogen-bond donors (Lipinski definition) is 0. The zero-order valence-electron chi connectivity index (χ0n) is 16.5. The Hall–Kier alpha value is -2.69. The maximum Gasteiger partial charge on any atom is 0.305 e. The Labute approximate surface area is 161 Å². The summed E-state index contributed by atoms with van der Waals surface area (Å²) in [5, 5.41) is 0. The fourth-order valence-electron chi connectivity index (χ4n) is 2.76. The number of carbonyl (C=O) groups is 5. The van der Waals surface area contributed by atoms with Gasteiger partial charge in [-0.05, 0) is 6.92 Å². The highest BCUT2D eigenvalue weighted by Gasteiger charge is 2.61. The van der Waals surface area contributed by atoms with E-state index in [1.807, 2.05) is 0 Å². The first-order valence-corrected chi connectivity index (χ1v) is 8.36. The Morgan fingerprint density at radius 1 is 0.786 bits per heavy atom. The Kier molecular flexibility index (Phi) is 7.91. The average molecular weight is 404 g/mol. The zero-order valence-corrected chi connectivity index (χ0v) is 16.5. The molecule has 1 fully saturated rings. The number of hydrogen-bond acceptors (Lipinski definition) is 11. The molecule has 0 aromatic rings. The Bertz CT molecular complexity index is 643. The largest absolute Gasteiger partial charge is 0.463 e. The monoisotopic (exact) mass is 404 g/mol. The van der Waals surface area contributed by atoms with Crippen LogP contribution in [0.5, 0.6) is 0 Å². The van der Waals surface area contributed by atoms with Crippen molar-refractivity contribution in [2.75, 3.05) is 6.61 Å². The number of esters is 5. The lowest BCUT2D eigenvalue weighted by Crippen LogP contribution is -2.69. The normalized spacial score (nSPS) is 29.2. The van der Waals surface area contributed by atoms with Gasteiger partial charge in [-0.3, -0.25) is 24.0 Å². The summed E-state index contributed by atoms with van der Waals surface area (Å²) in [5.41, 5.74) is -1.85. The predicted molar refractivity (Wildman–Crippen MR) is 88.3 cm³/mol. The molecule has 0 saturated carbocycles. The third kappa shape index (κ3) is 6.19. The summed E-state index contributed by atoms with van der Waals surface area (Å²) in [4.78, 5) is 57.7. The van der Waals surface area contributed by atoms with Gasteiger partial charge in [-0.2, -0.15) is 0 Å². The van der Waals surface area contributed by atoms with Gasteiger partial charge in [0, 0.05) is 34.6 Å². The molecule has 0 aliphatic carbocycles. The van der Waals surface area contributed by atoms with E-state index in [4.69, 9.17) is 28.4 Å². The zero-order chi connectivity index (χ0) is 21.6. The van der Waals surface area contributed by atoms with Crippen LogP contribution in [0.15, 0.2) is 0 Å². The van der Waals surface area contributed by atoms with E-state index in [9.17, 15) is 24.0 Å². The van der Waals surface area contributed by atoms with Crippen molar-refractivity contribution in [1.29, 1.82) is 0 Å². The summed E-state index contributed by atoms with van der Waals surface area (Å²) in [7, 11) is 0. The second-order valence-electron chi connectivity index (χ2n) is 6.30. The fraction of sp³-hybridized carbons (Fsp3) is 0.706. The topological polar surface area (TPSA) is 141 Å². The number of carbonyl (C=O) groups excluding carboxylic acids is 5. The third-order valence-electron chi connectivity index (χ3n) is 3.68. The molecule has 1 aliphatic heterocycles. The van der Waals surface area contributed by atoms with Crippen molar-refractivity contribution >= 4 is 29.8 Å². The van der Waals surface area contributed by atoms with Crippen LogP contribution in [0.25, 0.3) is 0 Å². The predicted octanol–water partition coefficient (Wildman–Crippen LogP) is 0.0227. The summed E-state index contributed by atoms with van der Waals surface area (Å²) in [5.74, 6) is -3.75. The van der Waals surface area contributed by atoms with Gasteiger partial charge in [-0.25, -0.2) is 0 Å². The van der Waals surface area contributed by atoms with Gasteiger partial charge in [-0.1, -0.05) is 0 Å². The summed E-state index contributed by atoms with van der Waals surface area (Å²) in [6.45, 7) is 6.43. The van der Waals surface area contributed by atoms with E-state index in [2.05, 4.69) is 0 Å². The Morgan fingerprint density at radius 2 is 1.32 bits per heavy atom. The highest BCUT2D eigenvalue weighted by atomic mass is 16.8. The van der Waals surface area contributed by atoms with Gasteiger partial charge in [0.2, 0.25) is 11.9 Å². The first kappa shape index (κ1) is 23.3. The van der Waals surface area contributed by atoms with Crippen molar-refractivity contribution in [3.8, 4) is 0 Å². The molecule has 5 atom stereocenters.